The smallest absolute Gasteiger partial charge is 0.308 e. The summed E-state index contributed by atoms with van der Waals surface area (Å²) in [5.74, 6) is -1.49. The number of carboxylic acids is 1. The molecule has 1 fully saturated rings. The minimum absolute atomic E-state index is 0.0208. The van der Waals surface area contributed by atoms with Gasteiger partial charge < -0.3 is 15.7 Å². The molecule has 1 aromatic carbocycles. The van der Waals surface area contributed by atoms with Crippen LogP contribution in [0.5, 0.6) is 0 Å². The van der Waals surface area contributed by atoms with Gasteiger partial charge in [-0.3, -0.25) is 9.59 Å². The monoisotopic (exact) mass is 248 g/mol. The van der Waals surface area contributed by atoms with Crippen LogP contribution in [0.3, 0.4) is 0 Å². The number of nitrogen functional groups attached to an aromatic ring is 1. The van der Waals surface area contributed by atoms with Gasteiger partial charge in [-0.25, -0.2) is 0 Å². The van der Waals surface area contributed by atoms with Crippen LogP contribution in [0, 0.1) is 11.8 Å². The van der Waals surface area contributed by atoms with Gasteiger partial charge in [-0.15, -0.1) is 0 Å². The molecule has 0 saturated carbocycles. The summed E-state index contributed by atoms with van der Waals surface area (Å²) in [6.45, 7) is 2.60. The summed E-state index contributed by atoms with van der Waals surface area (Å²) >= 11 is 0. The van der Waals surface area contributed by atoms with Crippen molar-refractivity contribution < 1.29 is 14.7 Å². The Labute approximate surface area is 105 Å². The van der Waals surface area contributed by atoms with E-state index in [1.165, 1.54) is 0 Å². The molecule has 96 valence electrons. The molecule has 5 nitrogen and oxygen atoms in total. The molecular weight excluding hydrogens is 232 g/mol. The Morgan fingerprint density at radius 3 is 2.67 bits per heavy atom. The van der Waals surface area contributed by atoms with E-state index in [1.54, 1.807) is 29.2 Å². The number of rotatable bonds is 2. The molecule has 0 bridgehead atoms. The number of anilines is 1. The quantitative estimate of drug-likeness (QED) is 0.766. The number of nitrogens with zero attached hydrogens (tertiary/aromatic N) is 1. The maximum atomic E-state index is 12.2. The minimum Gasteiger partial charge on any atom is -0.481 e. The first-order valence-corrected chi connectivity index (χ1v) is 5.86. The zero-order valence-electron chi connectivity index (χ0n) is 10.2. The number of hydrogen-bond acceptors (Lipinski definition) is 3. The van der Waals surface area contributed by atoms with E-state index < -0.39 is 11.9 Å². The van der Waals surface area contributed by atoms with Crippen LogP contribution >= 0.6 is 0 Å². The number of aliphatic carboxylic acids is 1. The lowest BCUT2D eigenvalue weighted by Gasteiger charge is -2.16. The predicted octanol–water partition coefficient (Wildman–Crippen LogP) is 1.06. The van der Waals surface area contributed by atoms with Gasteiger partial charge in [0.05, 0.1) is 5.92 Å². The van der Waals surface area contributed by atoms with Gasteiger partial charge in [-0.05, 0) is 24.1 Å². The SMILES string of the molecule is CC1CN(C(=O)c2cccc(N)c2)CC1C(=O)O. The Morgan fingerprint density at radius 2 is 2.11 bits per heavy atom. The van der Waals surface area contributed by atoms with E-state index in [1.807, 2.05) is 6.92 Å². The van der Waals surface area contributed by atoms with E-state index in [9.17, 15) is 9.59 Å². The van der Waals surface area contributed by atoms with E-state index in [2.05, 4.69) is 0 Å². The molecule has 2 rings (SSSR count). The largest absolute Gasteiger partial charge is 0.481 e. The molecule has 1 aliphatic heterocycles. The van der Waals surface area contributed by atoms with Crippen molar-refractivity contribution in [1.29, 1.82) is 0 Å². The van der Waals surface area contributed by atoms with Gasteiger partial charge in [0.15, 0.2) is 0 Å². The van der Waals surface area contributed by atoms with Crippen molar-refractivity contribution in [3.05, 3.63) is 29.8 Å². The lowest BCUT2D eigenvalue weighted by atomic mass is 9.99. The van der Waals surface area contributed by atoms with E-state index in [0.29, 0.717) is 17.8 Å². The van der Waals surface area contributed by atoms with Crippen molar-refractivity contribution in [2.24, 2.45) is 11.8 Å². The van der Waals surface area contributed by atoms with Gasteiger partial charge in [-0.2, -0.15) is 0 Å². The second-order valence-corrected chi connectivity index (χ2v) is 4.76. The molecule has 0 spiro atoms. The maximum absolute atomic E-state index is 12.2. The van der Waals surface area contributed by atoms with Gasteiger partial charge in [-0.1, -0.05) is 13.0 Å². The first-order chi connectivity index (χ1) is 8.49. The summed E-state index contributed by atoms with van der Waals surface area (Å²) in [6, 6.07) is 6.73. The van der Waals surface area contributed by atoms with E-state index in [0.717, 1.165) is 0 Å². The zero-order valence-corrected chi connectivity index (χ0v) is 10.2. The number of carbonyl (C=O) groups is 2. The third kappa shape index (κ3) is 2.30. The van der Waals surface area contributed by atoms with Crippen LogP contribution in [-0.2, 0) is 4.79 Å². The molecule has 1 amide bonds. The molecular formula is C13H16N2O3. The molecule has 0 aromatic heterocycles. The van der Waals surface area contributed by atoms with Crippen LogP contribution in [-0.4, -0.2) is 35.0 Å². The molecule has 5 heteroatoms. The second-order valence-electron chi connectivity index (χ2n) is 4.76. The molecule has 2 unspecified atom stereocenters. The van der Waals surface area contributed by atoms with Crippen molar-refractivity contribution >= 4 is 17.6 Å². The highest BCUT2D eigenvalue weighted by Crippen LogP contribution is 2.24. The highest BCUT2D eigenvalue weighted by molar-refractivity contribution is 5.95. The fourth-order valence-electron chi connectivity index (χ4n) is 2.31. The summed E-state index contributed by atoms with van der Waals surface area (Å²) < 4.78 is 0. The van der Waals surface area contributed by atoms with Crippen LogP contribution in [0.1, 0.15) is 17.3 Å². The fraction of sp³-hybridized carbons (Fsp3) is 0.385. The highest BCUT2D eigenvalue weighted by Gasteiger charge is 2.37. The summed E-state index contributed by atoms with van der Waals surface area (Å²) in [6.07, 6.45) is 0. The van der Waals surface area contributed by atoms with Crippen LogP contribution in [0.25, 0.3) is 0 Å². The number of hydrogen-bond donors (Lipinski definition) is 2. The molecule has 0 aliphatic carbocycles. The molecule has 18 heavy (non-hydrogen) atoms. The molecule has 1 saturated heterocycles. The Hall–Kier alpha value is -2.04. The average Bonchev–Trinajstić information content (AvgIpc) is 2.70. The third-order valence-electron chi connectivity index (χ3n) is 3.35. The Morgan fingerprint density at radius 1 is 1.39 bits per heavy atom. The topological polar surface area (TPSA) is 83.6 Å². The van der Waals surface area contributed by atoms with Gasteiger partial charge in [0, 0.05) is 24.3 Å². The number of nitrogens with two attached hydrogens (primary N) is 1. The van der Waals surface area contributed by atoms with Crippen molar-refractivity contribution in [3.8, 4) is 0 Å². The first kappa shape index (κ1) is 12.4. The normalized spacial score (nSPS) is 23.1. The van der Waals surface area contributed by atoms with Gasteiger partial charge in [0.2, 0.25) is 0 Å². The van der Waals surface area contributed by atoms with Crippen LogP contribution in [0.2, 0.25) is 0 Å². The third-order valence-corrected chi connectivity index (χ3v) is 3.35. The van der Waals surface area contributed by atoms with Gasteiger partial charge in [0.25, 0.3) is 5.91 Å². The molecule has 1 aliphatic rings. The van der Waals surface area contributed by atoms with E-state index in [4.69, 9.17) is 10.8 Å². The average molecular weight is 248 g/mol. The number of benzene rings is 1. The summed E-state index contributed by atoms with van der Waals surface area (Å²) in [5, 5.41) is 9.04. The molecule has 1 heterocycles. The zero-order chi connectivity index (χ0) is 13.3. The fourth-order valence-corrected chi connectivity index (χ4v) is 2.31. The Kier molecular flexibility index (Phi) is 3.23. The standard InChI is InChI=1S/C13H16N2O3/c1-8-6-15(7-11(8)13(17)18)12(16)9-3-2-4-10(14)5-9/h2-5,8,11H,6-7,14H2,1H3,(H,17,18). The number of amides is 1. The van der Waals surface area contributed by atoms with Crippen molar-refractivity contribution in [2.75, 3.05) is 18.8 Å². The molecule has 2 atom stereocenters. The summed E-state index contributed by atoms with van der Waals surface area (Å²) in [7, 11) is 0. The Bertz CT molecular complexity index is 487. The Balaban J connectivity index is 2.14. The minimum atomic E-state index is -0.842. The maximum Gasteiger partial charge on any atom is 0.308 e. The van der Waals surface area contributed by atoms with Gasteiger partial charge >= 0.3 is 5.97 Å². The van der Waals surface area contributed by atoms with E-state index >= 15 is 0 Å². The lowest BCUT2D eigenvalue weighted by Crippen LogP contribution is -2.29. The van der Waals surface area contributed by atoms with Crippen LogP contribution in [0.4, 0.5) is 5.69 Å². The van der Waals surface area contributed by atoms with Crippen molar-refractivity contribution in [3.63, 3.8) is 0 Å². The number of carbonyl (C=O) groups excluding carboxylic acids is 1. The predicted molar refractivity (Wildman–Crippen MR) is 67.0 cm³/mol. The van der Waals surface area contributed by atoms with Crippen molar-refractivity contribution in [2.45, 2.75) is 6.92 Å². The second kappa shape index (κ2) is 4.68. The lowest BCUT2D eigenvalue weighted by molar-refractivity contribution is -0.142. The number of carboxylic acid groups (broad SMARTS) is 1. The first-order valence-electron chi connectivity index (χ1n) is 5.86. The van der Waals surface area contributed by atoms with E-state index in [-0.39, 0.29) is 18.4 Å². The number of likely N-dealkylation sites (tertiary alicyclic amines) is 1. The summed E-state index contributed by atoms with van der Waals surface area (Å²) in [5.41, 5.74) is 6.67. The molecule has 0 radical (unpaired) electrons. The molecule has 1 aromatic rings. The van der Waals surface area contributed by atoms with Gasteiger partial charge in [0.1, 0.15) is 0 Å². The highest BCUT2D eigenvalue weighted by atomic mass is 16.4. The molecule has 3 N–H and O–H groups in total. The van der Waals surface area contributed by atoms with Crippen LogP contribution < -0.4 is 5.73 Å². The summed E-state index contributed by atoms with van der Waals surface area (Å²) in [4.78, 5) is 24.8. The van der Waals surface area contributed by atoms with Crippen LogP contribution in [0.15, 0.2) is 24.3 Å². The van der Waals surface area contributed by atoms with Crippen molar-refractivity contribution in [1.82, 2.24) is 4.90 Å².